The summed E-state index contributed by atoms with van der Waals surface area (Å²) in [5.41, 5.74) is 0. The molecule has 0 spiro atoms. The Morgan fingerprint density at radius 3 is 2.48 bits per heavy atom. The molecule has 156 valence electrons. The minimum Gasteiger partial charge on any atom is -0.355 e. The first-order chi connectivity index (χ1) is 12.2. The second kappa shape index (κ2) is 11.0. The minimum atomic E-state index is -3.13. The lowest BCUT2D eigenvalue weighted by molar-refractivity contribution is 0.249. The summed E-state index contributed by atoms with van der Waals surface area (Å²) in [5.74, 6) is 0.743. The first-order valence-corrected chi connectivity index (χ1v) is 11.7. The maximum absolute atomic E-state index is 12.2. The Balaban J connectivity index is 0.00000364. The van der Waals surface area contributed by atoms with Crippen molar-refractivity contribution in [2.24, 2.45) is 4.99 Å². The predicted octanol–water partition coefficient (Wildman–Crippen LogP) is 2.88. The van der Waals surface area contributed by atoms with Gasteiger partial charge in [0.1, 0.15) is 0 Å². The van der Waals surface area contributed by atoms with E-state index in [0.29, 0.717) is 18.5 Å². The van der Waals surface area contributed by atoms with E-state index in [-0.39, 0.29) is 29.7 Å². The zero-order valence-corrected chi connectivity index (χ0v) is 20.7. The van der Waals surface area contributed by atoms with E-state index in [2.05, 4.69) is 38.0 Å². The number of halogens is 1. The van der Waals surface area contributed by atoms with Crippen molar-refractivity contribution in [3.8, 4) is 0 Å². The van der Waals surface area contributed by atoms with Gasteiger partial charge in [-0.25, -0.2) is 8.42 Å². The number of guanidine groups is 1. The van der Waals surface area contributed by atoms with Crippen molar-refractivity contribution in [2.75, 3.05) is 39.0 Å². The molecular weight excluding hydrogens is 495 g/mol. The minimum absolute atomic E-state index is 0. The molecule has 1 aromatic heterocycles. The van der Waals surface area contributed by atoms with Gasteiger partial charge in [-0.1, -0.05) is 6.07 Å². The van der Waals surface area contributed by atoms with Crippen LogP contribution in [0.1, 0.15) is 44.5 Å². The predicted molar refractivity (Wildman–Crippen MR) is 126 cm³/mol. The van der Waals surface area contributed by atoms with Crippen LogP contribution < -0.4 is 10.6 Å². The Kier molecular flexibility index (Phi) is 10.0. The third-order valence-corrected chi connectivity index (χ3v) is 8.32. The van der Waals surface area contributed by atoms with E-state index in [4.69, 9.17) is 0 Å². The SMILES string of the molecule is CN=C(NCCS(=O)(=O)C(C)(C)C)NCC(c1cccs1)N1CCCC1.I. The Labute approximate surface area is 185 Å². The lowest BCUT2D eigenvalue weighted by Crippen LogP contribution is -2.44. The van der Waals surface area contributed by atoms with Crippen molar-refractivity contribution in [2.45, 2.75) is 44.4 Å². The summed E-state index contributed by atoms with van der Waals surface area (Å²) >= 11 is 1.78. The fourth-order valence-corrected chi connectivity index (χ4v) is 4.81. The van der Waals surface area contributed by atoms with Crippen LogP contribution in [0.4, 0.5) is 0 Å². The average Bonchev–Trinajstić information content (AvgIpc) is 3.26. The summed E-state index contributed by atoms with van der Waals surface area (Å²) in [7, 11) is -1.42. The van der Waals surface area contributed by atoms with Crippen LogP contribution in [0, 0.1) is 0 Å². The number of hydrogen-bond acceptors (Lipinski definition) is 5. The molecule has 2 heterocycles. The number of likely N-dealkylation sites (tertiary alicyclic amines) is 1. The molecular formula is C18H33IN4O2S2. The van der Waals surface area contributed by atoms with E-state index in [1.807, 2.05) is 0 Å². The summed E-state index contributed by atoms with van der Waals surface area (Å²) in [6.45, 7) is 8.56. The van der Waals surface area contributed by atoms with Crippen molar-refractivity contribution < 1.29 is 8.42 Å². The lowest BCUT2D eigenvalue weighted by Gasteiger charge is -2.27. The molecule has 0 amide bonds. The summed E-state index contributed by atoms with van der Waals surface area (Å²) in [5, 5.41) is 8.62. The highest BCUT2D eigenvalue weighted by Crippen LogP contribution is 2.27. The van der Waals surface area contributed by atoms with Crippen molar-refractivity contribution in [3.63, 3.8) is 0 Å². The number of sulfone groups is 1. The van der Waals surface area contributed by atoms with E-state index < -0.39 is 14.6 Å². The highest BCUT2D eigenvalue weighted by Gasteiger charge is 2.28. The lowest BCUT2D eigenvalue weighted by atomic mass is 10.2. The number of nitrogens with zero attached hydrogens (tertiary/aromatic N) is 2. The molecule has 6 nitrogen and oxygen atoms in total. The number of nitrogens with one attached hydrogen (secondary N) is 2. The summed E-state index contributed by atoms with van der Waals surface area (Å²) < 4.78 is 23.7. The van der Waals surface area contributed by atoms with E-state index in [1.165, 1.54) is 17.7 Å². The van der Waals surface area contributed by atoms with Gasteiger partial charge < -0.3 is 10.6 Å². The molecule has 9 heteroatoms. The number of hydrogen-bond donors (Lipinski definition) is 2. The highest BCUT2D eigenvalue weighted by molar-refractivity contribution is 14.0. The van der Waals surface area contributed by atoms with Crippen LogP contribution >= 0.6 is 35.3 Å². The van der Waals surface area contributed by atoms with Gasteiger partial charge in [0.2, 0.25) is 0 Å². The van der Waals surface area contributed by atoms with Crippen molar-refractivity contribution >= 4 is 51.1 Å². The maximum atomic E-state index is 12.2. The van der Waals surface area contributed by atoms with Crippen LogP contribution in [0.2, 0.25) is 0 Å². The second-order valence-corrected chi connectivity index (χ2v) is 11.4. The van der Waals surface area contributed by atoms with Crippen LogP contribution in [-0.4, -0.2) is 63.0 Å². The zero-order chi connectivity index (χ0) is 19.2. The molecule has 0 radical (unpaired) electrons. The van der Waals surface area contributed by atoms with Crippen LogP contribution in [0.5, 0.6) is 0 Å². The van der Waals surface area contributed by atoms with Gasteiger partial charge in [-0.3, -0.25) is 9.89 Å². The van der Waals surface area contributed by atoms with Gasteiger partial charge in [0.15, 0.2) is 15.8 Å². The number of aliphatic imine (C=N–C) groups is 1. The molecule has 0 bridgehead atoms. The maximum Gasteiger partial charge on any atom is 0.191 e. The molecule has 0 aliphatic carbocycles. The third-order valence-electron chi connectivity index (χ3n) is 4.74. The summed E-state index contributed by atoms with van der Waals surface area (Å²) in [6.07, 6.45) is 2.50. The first kappa shape index (κ1) is 24.6. The zero-order valence-electron chi connectivity index (χ0n) is 16.7. The molecule has 2 rings (SSSR count). The average molecular weight is 529 g/mol. The Hall–Kier alpha value is -0.390. The molecule has 1 aromatic rings. The quantitative estimate of drug-likeness (QED) is 0.324. The van der Waals surface area contributed by atoms with Gasteiger partial charge >= 0.3 is 0 Å². The van der Waals surface area contributed by atoms with Gasteiger partial charge in [-0.05, 0) is 58.1 Å². The monoisotopic (exact) mass is 528 g/mol. The first-order valence-electron chi connectivity index (χ1n) is 9.19. The Morgan fingerprint density at radius 2 is 1.96 bits per heavy atom. The molecule has 0 saturated carbocycles. The van der Waals surface area contributed by atoms with E-state index >= 15 is 0 Å². The molecule has 0 aromatic carbocycles. The normalized spacial score (nSPS) is 17.4. The molecule has 1 saturated heterocycles. The summed E-state index contributed by atoms with van der Waals surface area (Å²) in [4.78, 5) is 8.10. The molecule has 2 N–H and O–H groups in total. The molecule has 1 fully saturated rings. The molecule has 1 aliphatic rings. The van der Waals surface area contributed by atoms with Crippen LogP contribution in [0.25, 0.3) is 0 Å². The van der Waals surface area contributed by atoms with Gasteiger partial charge in [0, 0.05) is 25.0 Å². The summed E-state index contributed by atoms with van der Waals surface area (Å²) in [6, 6.07) is 4.60. The molecule has 1 aliphatic heterocycles. The van der Waals surface area contributed by atoms with E-state index in [1.54, 1.807) is 39.2 Å². The van der Waals surface area contributed by atoms with Crippen molar-refractivity contribution in [3.05, 3.63) is 22.4 Å². The highest BCUT2D eigenvalue weighted by atomic mass is 127. The van der Waals surface area contributed by atoms with E-state index in [9.17, 15) is 8.42 Å². The number of rotatable bonds is 7. The topological polar surface area (TPSA) is 73.8 Å². The smallest absolute Gasteiger partial charge is 0.191 e. The van der Waals surface area contributed by atoms with Crippen molar-refractivity contribution in [1.29, 1.82) is 0 Å². The van der Waals surface area contributed by atoms with Gasteiger partial charge in [0.05, 0.1) is 16.5 Å². The van der Waals surface area contributed by atoms with Gasteiger partial charge in [-0.15, -0.1) is 35.3 Å². The largest absolute Gasteiger partial charge is 0.355 e. The third kappa shape index (κ3) is 7.17. The van der Waals surface area contributed by atoms with Gasteiger partial charge in [-0.2, -0.15) is 0 Å². The van der Waals surface area contributed by atoms with Crippen LogP contribution in [-0.2, 0) is 9.84 Å². The van der Waals surface area contributed by atoms with Crippen LogP contribution in [0.15, 0.2) is 22.5 Å². The van der Waals surface area contributed by atoms with Crippen molar-refractivity contribution in [1.82, 2.24) is 15.5 Å². The number of thiophene rings is 1. The Bertz CT molecular complexity index is 679. The standard InChI is InChI=1S/C18H32N4O2S2.HI/c1-18(2,3)26(23,24)13-9-20-17(19-4)21-14-15(16-8-7-12-25-16)22-10-5-6-11-22;/h7-8,12,15H,5-6,9-11,13-14H2,1-4H3,(H2,19,20,21);1H. The fourth-order valence-electron chi connectivity index (χ4n) is 2.97. The van der Waals surface area contributed by atoms with E-state index in [0.717, 1.165) is 19.6 Å². The molecule has 1 unspecified atom stereocenters. The van der Waals surface area contributed by atoms with Gasteiger partial charge in [0.25, 0.3) is 0 Å². The molecule has 27 heavy (non-hydrogen) atoms. The molecule has 1 atom stereocenters. The second-order valence-electron chi connectivity index (χ2n) is 7.59. The Morgan fingerprint density at radius 1 is 1.30 bits per heavy atom. The van der Waals surface area contributed by atoms with Crippen LogP contribution in [0.3, 0.4) is 0 Å². The fraction of sp³-hybridized carbons (Fsp3) is 0.722.